The van der Waals surface area contributed by atoms with E-state index in [2.05, 4.69) is 20.8 Å². The molecule has 1 amide bonds. The predicted molar refractivity (Wildman–Crippen MR) is 96.7 cm³/mol. The summed E-state index contributed by atoms with van der Waals surface area (Å²) in [7, 11) is 1.53. The van der Waals surface area contributed by atoms with Gasteiger partial charge in [-0.25, -0.2) is 4.39 Å². The summed E-state index contributed by atoms with van der Waals surface area (Å²) in [6.07, 6.45) is 0. The van der Waals surface area contributed by atoms with Crippen LogP contribution >= 0.6 is 0 Å². The van der Waals surface area contributed by atoms with E-state index >= 15 is 0 Å². The number of anilines is 2. The Morgan fingerprint density at radius 3 is 2.50 bits per heavy atom. The maximum atomic E-state index is 12.9. The molecule has 2 aromatic carbocycles. The highest BCUT2D eigenvalue weighted by molar-refractivity contribution is 6.03. The highest BCUT2D eigenvalue weighted by atomic mass is 19.1. The molecule has 0 aliphatic heterocycles. The van der Waals surface area contributed by atoms with Gasteiger partial charge >= 0.3 is 0 Å². The van der Waals surface area contributed by atoms with Crippen LogP contribution in [0.1, 0.15) is 16.1 Å². The number of benzene rings is 2. The summed E-state index contributed by atoms with van der Waals surface area (Å²) >= 11 is 0. The standard InChI is InChI=1S/C19H17FN4O2/c1-26-17-5-3-2-4-15(17)22-19(25)16-10-11-18(24-23-16)21-12-13-6-8-14(20)9-7-13/h2-11H,12H2,1H3,(H,21,24)(H,22,25). The highest BCUT2D eigenvalue weighted by Gasteiger charge is 2.11. The summed E-state index contributed by atoms with van der Waals surface area (Å²) in [5, 5.41) is 13.7. The number of carbonyl (C=O) groups excluding carboxylic acids is 1. The van der Waals surface area contributed by atoms with Gasteiger partial charge < -0.3 is 15.4 Å². The van der Waals surface area contributed by atoms with Crippen molar-refractivity contribution in [1.82, 2.24) is 10.2 Å². The number of carbonyl (C=O) groups is 1. The summed E-state index contributed by atoms with van der Waals surface area (Å²) in [6.45, 7) is 0.474. The minimum atomic E-state index is -0.382. The van der Waals surface area contributed by atoms with Gasteiger partial charge in [0.15, 0.2) is 5.69 Å². The number of rotatable bonds is 6. The molecule has 0 aliphatic carbocycles. The number of hydrogen-bond acceptors (Lipinski definition) is 5. The Bertz CT molecular complexity index is 883. The largest absolute Gasteiger partial charge is 0.495 e. The van der Waals surface area contributed by atoms with Crippen LogP contribution < -0.4 is 15.4 Å². The molecule has 3 aromatic rings. The van der Waals surface area contributed by atoms with Gasteiger partial charge in [-0.15, -0.1) is 10.2 Å². The monoisotopic (exact) mass is 352 g/mol. The van der Waals surface area contributed by atoms with Crippen molar-refractivity contribution >= 4 is 17.4 Å². The molecule has 6 nitrogen and oxygen atoms in total. The van der Waals surface area contributed by atoms with E-state index in [4.69, 9.17) is 4.74 Å². The smallest absolute Gasteiger partial charge is 0.276 e. The molecule has 3 rings (SSSR count). The van der Waals surface area contributed by atoms with Crippen molar-refractivity contribution in [3.05, 3.63) is 77.7 Å². The van der Waals surface area contributed by atoms with E-state index in [0.29, 0.717) is 23.8 Å². The predicted octanol–water partition coefficient (Wildman–Crippen LogP) is 3.49. The molecule has 7 heteroatoms. The van der Waals surface area contributed by atoms with E-state index in [1.165, 1.54) is 19.2 Å². The maximum Gasteiger partial charge on any atom is 0.276 e. The molecule has 0 fully saturated rings. The van der Waals surface area contributed by atoms with Gasteiger partial charge in [-0.05, 0) is 42.0 Å². The lowest BCUT2D eigenvalue weighted by Gasteiger charge is -2.09. The van der Waals surface area contributed by atoms with Crippen LogP contribution in [0, 0.1) is 5.82 Å². The first kappa shape index (κ1) is 17.3. The third kappa shape index (κ3) is 4.32. The molecule has 0 saturated carbocycles. The number of para-hydroxylation sites is 2. The summed E-state index contributed by atoms with van der Waals surface area (Å²) in [5.41, 5.74) is 1.65. The van der Waals surface area contributed by atoms with E-state index in [9.17, 15) is 9.18 Å². The van der Waals surface area contributed by atoms with E-state index < -0.39 is 0 Å². The first-order valence-corrected chi connectivity index (χ1v) is 7.92. The van der Waals surface area contributed by atoms with Gasteiger partial charge in [0.2, 0.25) is 0 Å². The van der Waals surface area contributed by atoms with Crippen LogP contribution in [0.4, 0.5) is 15.9 Å². The SMILES string of the molecule is COc1ccccc1NC(=O)c1ccc(NCc2ccc(F)cc2)nn1. The van der Waals surface area contributed by atoms with E-state index in [1.807, 2.05) is 6.07 Å². The molecule has 0 unspecified atom stereocenters. The molecule has 2 N–H and O–H groups in total. The zero-order chi connectivity index (χ0) is 18.4. The molecule has 0 aliphatic rings. The Hall–Kier alpha value is -3.48. The molecule has 0 radical (unpaired) electrons. The highest BCUT2D eigenvalue weighted by Crippen LogP contribution is 2.23. The van der Waals surface area contributed by atoms with Crippen LogP contribution in [0.5, 0.6) is 5.75 Å². The molecule has 26 heavy (non-hydrogen) atoms. The molecular formula is C19H17FN4O2. The second-order valence-electron chi connectivity index (χ2n) is 5.44. The molecule has 1 heterocycles. The van der Waals surface area contributed by atoms with Gasteiger partial charge in [0.05, 0.1) is 12.8 Å². The number of halogens is 1. The van der Waals surface area contributed by atoms with Gasteiger partial charge in [-0.2, -0.15) is 0 Å². The number of methoxy groups -OCH3 is 1. The lowest BCUT2D eigenvalue weighted by molar-refractivity contribution is 0.102. The zero-order valence-electron chi connectivity index (χ0n) is 14.1. The molecule has 0 spiro atoms. The number of hydrogen-bond donors (Lipinski definition) is 2. The lowest BCUT2D eigenvalue weighted by Crippen LogP contribution is -2.15. The van der Waals surface area contributed by atoms with E-state index in [1.54, 1.807) is 42.5 Å². The van der Waals surface area contributed by atoms with Crippen molar-refractivity contribution < 1.29 is 13.9 Å². The van der Waals surface area contributed by atoms with Crippen LogP contribution in [0.25, 0.3) is 0 Å². The average Bonchev–Trinajstić information content (AvgIpc) is 2.68. The molecular weight excluding hydrogens is 335 g/mol. The quantitative estimate of drug-likeness (QED) is 0.710. The lowest BCUT2D eigenvalue weighted by atomic mass is 10.2. The fourth-order valence-corrected chi connectivity index (χ4v) is 2.28. The van der Waals surface area contributed by atoms with Crippen molar-refractivity contribution in [2.75, 3.05) is 17.7 Å². The fourth-order valence-electron chi connectivity index (χ4n) is 2.28. The summed E-state index contributed by atoms with van der Waals surface area (Å²) in [5.74, 6) is 0.417. The number of nitrogens with zero attached hydrogens (tertiary/aromatic N) is 2. The minimum absolute atomic E-state index is 0.184. The van der Waals surface area contributed by atoms with Crippen molar-refractivity contribution in [3.63, 3.8) is 0 Å². The van der Waals surface area contributed by atoms with Crippen LogP contribution in [-0.2, 0) is 6.54 Å². The molecule has 1 aromatic heterocycles. The van der Waals surface area contributed by atoms with Crippen LogP contribution in [0.2, 0.25) is 0 Å². The Morgan fingerprint density at radius 2 is 1.81 bits per heavy atom. The van der Waals surface area contributed by atoms with Gasteiger partial charge in [-0.3, -0.25) is 4.79 Å². The molecule has 132 valence electrons. The Balaban J connectivity index is 1.61. The van der Waals surface area contributed by atoms with Crippen LogP contribution in [-0.4, -0.2) is 23.2 Å². The van der Waals surface area contributed by atoms with Gasteiger partial charge in [0.1, 0.15) is 17.4 Å². The third-order valence-electron chi connectivity index (χ3n) is 3.64. The number of amides is 1. The maximum absolute atomic E-state index is 12.9. The first-order chi connectivity index (χ1) is 12.7. The average molecular weight is 352 g/mol. The number of ether oxygens (including phenoxy) is 1. The van der Waals surface area contributed by atoms with E-state index in [-0.39, 0.29) is 17.4 Å². The van der Waals surface area contributed by atoms with Crippen molar-refractivity contribution in [1.29, 1.82) is 0 Å². The Kier molecular flexibility index (Phi) is 5.38. The molecule has 0 bridgehead atoms. The first-order valence-electron chi connectivity index (χ1n) is 7.92. The van der Waals surface area contributed by atoms with E-state index in [0.717, 1.165) is 5.56 Å². The fraction of sp³-hybridized carbons (Fsp3) is 0.105. The topological polar surface area (TPSA) is 76.1 Å². The summed E-state index contributed by atoms with van der Waals surface area (Å²) < 4.78 is 18.1. The second-order valence-corrected chi connectivity index (χ2v) is 5.44. The third-order valence-corrected chi connectivity index (χ3v) is 3.64. The number of aromatic nitrogens is 2. The van der Waals surface area contributed by atoms with Gasteiger partial charge in [0, 0.05) is 6.54 Å². The Labute approximate surface area is 150 Å². The summed E-state index contributed by atoms with van der Waals surface area (Å²) in [4.78, 5) is 12.3. The van der Waals surface area contributed by atoms with Crippen molar-refractivity contribution in [3.8, 4) is 5.75 Å². The van der Waals surface area contributed by atoms with Crippen LogP contribution in [0.15, 0.2) is 60.7 Å². The van der Waals surface area contributed by atoms with Crippen LogP contribution in [0.3, 0.4) is 0 Å². The minimum Gasteiger partial charge on any atom is -0.495 e. The second kappa shape index (κ2) is 8.06. The zero-order valence-corrected chi connectivity index (χ0v) is 14.1. The Morgan fingerprint density at radius 1 is 1.04 bits per heavy atom. The number of nitrogens with one attached hydrogen (secondary N) is 2. The van der Waals surface area contributed by atoms with Crippen molar-refractivity contribution in [2.45, 2.75) is 6.54 Å². The van der Waals surface area contributed by atoms with Crippen molar-refractivity contribution in [2.24, 2.45) is 0 Å². The molecule has 0 atom stereocenters. The summed E-state index contributed by atoms with van der Waals surface area (Å²) in [6, 6.07) is 16.5. The molecule has 0 saturated heterocycles. The van der Waals surface area contributed by atoms with Gasteiger partial charge in [0.25, 0.3) is 5.91 Å². The normalized spacial score (nSPS) is 10.2. The van der Waals surface area contributed by atoms with Gasteiger partial charge in [-0.1, -0.05) is 24.3 Å².